The van der Waals surface area contributed by atoms with Gasteiger partial charge in [0.1, 0.15) is 17.1 Å². The quantitative estimate of drug-likeness (QED) is 0.397. The fraction of sp³-hybridized carbons (Fsp3) is 0.238. The fourth-order valence-electron chi connectivity index (χ4n) is 2.87. The summed E-state index contributed by atoms with van der Waals surface area (Å²) in [4.78, 5) is 24.0. The first-order valence-electron chi connectivity index (χ1n) is 8.41. The molecule has 3 rings (SSSR count). The minimum atomic E-state index is -0.423. The predicted molar refractivity (Wildman–Crippen MR) is 98.9 cm³/mol. The molecule has 0 radical (unpaired) electrons. The molecule has 0 unspecified atom stereocenters. The van der Waals surface area contributed by atoms with Gasteiger partial charge in [-0.3, -0.25) is 4.79 Å². The predicted octanol–water partition coefficient (Wildman–Crippen LogP) is 3.82. The van der Waals surface area contributed by atoms with Crippen LogP contribution in [0.3, 0.4) is 0 Å². The number of ether oxygens (including phenoxy) is 2. The van der Waals surface area contributed by atoms with Gasteiger partial charge in [0, 0.05) is 17.5 Å². The Labute approximate surface area is 151 Å². The van der Waals surface area contributed by atoms with Crippen molar-refractivity contribution in [2.24, 2.45) is 0 Å². The van der Waals surface area contributed by atoms with E-state index >= 15 is 0 Å². The molecular formula is C21H20O5. The van der Waals surface area contributed by atoms with Gasteiger partial charge in [-0.15, -0.1) is 0 Å². The standard InChI is InChI=1S/C21H20O5/c1-4-15-11-17-13(2)8-20(22)26-19(17)12-18(15)25-21(23)10-14-6-5-7-16(9-14)24-3/h5-9,11-12H,4,10H2,1-3H3. The van der Waals surface area contributed by atoms with Crippen molar-refractivity contribution in [1.29, 1.82) is 0 Å². The van der Waals surface area contributed by atoms with Crippen molar-refractivity contribution in [3.05, 3.63) is 69.6 Å². The molecule has 0 atom stereocenters. The molecule has 1 aromatic heterocycles. The van der Waals surface area contributed by atoms with Crippen LogP contribution in [0, 0.1) is 6.92 Å². The molecular weight excluding hydrogens is 332 g/mol. The molecule has 5 heteroatoms. The van der Waals surface area contributed by atoms with Crippen LogP contribution in [0.4, 0.5) is 0 Å². The largest absolute Gasteiger partial charge is 0.497 e. The van der Waals surface area contributed by atoms with Gasteiger partial charge in [-0.1, -0.05) is 19.1 Å². The van der Waals surface area contributed by atoms with Crippen molar-refractivity contribution in [3.63, 3.8) is 0 Å². The van der Waals surface area contributed by atoms with Gasteiger partial charge in [-0.25, -0.2) is 4.79 Å². The molecule has 0 saturated carbocycles. The minimum Gasteiger partial charge on any atom is -0.497 e. The lowest BCUT2D eigenvalue weighted by Crippen LogP contribution is -2.12. The Bertz CT molecular complexity index is 1020. The van der Waals surface area contributed by atoms with E-state index in [-0.39, 0.29) is 12.4 Å². The average molecular weight is 352 g/mol. The summed E-state index contributed by atoms with van der Waals surface area (Å²) in [6.45, 7) is 3.84. The number of methoxy groups -OCH3 is 1. The summed E-state index contributed by atoms with van der Waals surface area (Å²) in [5.41, 5.74) is 2.51. The summed E-state index contributed by atoms with van der Waals surface area (Å²) < 4.78 is 16.0. The van der Waals surface area contributed by atoms with Crippen LogP contribution in [0.2, 0.25) is 0 Å². The lowest BCUT2D eigenvalue weighted by atomic mass is 10.1. The van der Waals surface area contributed by atoms with Crippen molar-refractivity contribution in [2.45, 2.75) is 26.7 Å². The van der Waals surface area contributed by atoms with Gasteiger partial charge in [0.15, 0.2) is 0 Å². The first kappa shape index (κ1) is 17.7. The second-order valence-corrected chi connectivity index (χ2v) is 6.06. The first-order valence-corrected chi connectivity index (χ1v) is 8.41. The second kappa shape index (κ2) is 7.44. The molecule has 2 aromatic carbocycles. The molecule has 0 aliphatic carbocycles. The Balaban J connectivity index is 1.89. The number of hydrogen-bond donors (Lipinski definition) is 0. The highest BCUT2D eigenvalue weighted by Crippen LogP contribution is 2.28. The summed E-state index contributed by atoms with van der Waals surface area (Å²) >= 11 is 0. The monoisotopic (exact) mass is 352 g/mol. The van der Waals surface area contributed by atoms with E-state index in [2.05, 4.69) is 0 Å². The van der Waals surface area contributed by atoms with E-state index in [0.29, 0.717) is 23.5 Å². The molecule has 5 nitrogen and oxygen atoms in total. The van der Waals surface area contributed by atoms with Crippen LogP contribution in [0.5, 0.6) is 11.5 Å². The smallest absolute Gasteiger partial charge is 0.336 e. The van der Waals surface area contributed by atoms with E-state index in [4.69, 9.17) is 13.9 Å². The highest BCUT2D eigenvalue weighted by Gasteiger charge is 2.14. The minimum absolute atomic E-state index is 0.121. The molecule has 134 valence electrons. The third-order valence-electron chi connectivity index (χ3n) is 4.22. The highest BCUT2D eigenvalue weighted by molar-refractivity contribution is 5.84. The van der Waals surface area contributed by atoms with Gasteiger partial charge in [0.05, 0.1) is 13.5 Å². The summed E-state index contributed by atoms with van der Waals surface area (Å²) in [7, 11) is 1.58. The molecule has 26 heavy (non-hydrogen) atoms. The van der Waals surface area contributed by atoms with Gasteiger partial charge >= 0.3 is 11.6 Å². The highest BCUT2D eigenvalue weighted by atomic mass is 16.5. The van der Waals surface area contributed by atoms with Gasteiger partial charge in [0.25, 0.3) is 0 Å². The number of rotatable bonds is 5. The molecule has 0 saturated heterocycles. The van der Waals surface area contributed by atoms with Crippen molar-refractivity contribution >= 4 is 16.9 Å². The normalized spacial score (nSPS) is 10.7. The number of carbonyl (C=O) groups excluding carboxylic acids is 1. The molecule has 3 aromatic rings. The fourth-order valence-corrected chi connectivity index (χ4v) is 2.87. The lowest BCUT2D eigenvalue weighted by Gasteiger charge is -2.11. The number of hydrogen-bond acceptors (Lipinski definition) is 5. The van der Waals surface area contributed by atoms with E-state index in [0.717, 1.165) is 22.1 Å². The Morgan fingerprint density at radius 2 is 1.96 bits per heavy atom. The van der Waals surface area contributed by atoms with E-state index < -0.39 is 5.63 Å². The molecule has 0 fully saturated rings. The Hall–Kier alpha value is -3.08. The van der Waals surface area contributed by atoms with Gasteiger partial charge in [-0.05, 0) is 48.2 Å². The molecule has 0 bridgehead atoms. The third-order valence-corrected chi connectivity index (χ3v) is 4.22. The average Bonchev–Trinajstić information content (AvgIpc) is 2.61. The zero-order chi connectivity index (χ0) is 18.7. The number of fused-ring (bicyclic) bond motifs is 1. The first-order chi connectivity index (χ1) is 12.5. The van der Waals surface area contributed by atoms with Crippen molar-refractivity contribution < 1.29 is 18.7 Å². The number of aryl methyl sites for hydroxylation is 2. The van der Waals surface area contributed by atoms with Gasteiger partial charge < -0.3 is 13.9 Å². The second-order valence-electron chi connectivity index (χ2n) is 6.06. The Kier molecular flexibility index (Phi) is 5.07. The van der Waals surface area contributed by atoms with E-state index in [9.17, 15) is 9.59 Å². The van der Waals surface area contributed by atoms with Crippen molar-refractivity contribution in [3.8, 4) is 11.5 Å². The summed E-state index contributed by atoms with van der Waals surface area (Å²) in [6.07, 6.45) is 0.812. The molecule has 1 heterocycles. The van der Waals surface area contributed by atoms with E-state index in [1.54, 1.807) is 19.2 Å². The van der Waals surface area contributed by atoms with E-state index in [1.165, 1.54) is 6.07 Å². The Morgan fingerprint density at radius 3 is 2.69 bits per heavy atom. The van der Waals surface area contributed by atoms with Crippen LogP contribution in [0.1, 0.15) is 23.6 Å². The summed E-state index contributed by atoms with van der Waals surface area (Å²) in [5.74, 6) is 0.719. The number of esters is 1. The third kappa shape index (κ3) is 3.77. The molecule has 0 spiro atoms. The van der Waals surface area contributed by atoms with Crippen LogP contribution in [-0.4, -0.2) is 13.1 Å². The van der Waals surface area contributed by atoms with Crippen LogP contribution in [-0.2, 0) is 17.6 Å². The van der Waals surface area contributed by atoms with E-state index in [1.807, 2.05) is 38.1 Å². The maximum absolute atomic E-state index is 12.4. The zero-order valence-corrected chi connectivity index (χ0v) is 15.0. The van der Waals surface area contributed by atoms with Crippen LogP contribution in [0.25, 0.3) is 11.0 Å². The maximum Gasteiger partial charge on any atom is 0.336 e. The van der Waals surface area contributed by atoms with Crippen LogP contribution < -0.4 is 15.1 Å². The van der Waals surface area contributed by atoms with Gasteiger partial charge in [0.2, 0.25) is 0 Å². The number of benzene rings is 2. The summed E-state index contributed by atoms with van der Waals surface area (Å²) in [6, 6.07) is 12.3. The molecule has 0 N–H and O–H groups in total. The SMILES string of the molecule is CCc1cc2c(C)cc(=O)oc2cc1OC(=O)Cc1cccc(OC)c1. The van der Waals surface area contributed by atoms with Crippen molar-refractivity contribution in [2.75, 3.05) is 7.11 Å². The van der Waals surface area contributed by atoms with Crippen molar-refractivity contribution in [1.82, 2.24) is 0 Å². The van der Waals surface area contributed by atoms with Crippen LogP contribution >= 0.6 is 0 Å². The maximum atomic E-state index is 12.4. The lowest BCUT2D eigenvalue weighted by molar-refractivity contribution is -0.133. The van der Waals surface area contributed by atoms with Gasteiger partial charge in [-0.2, -0.15) is 0 Å². The zero-order valence-electron chi connectivity index (χ0n) is 15.0. The molecule has 0 amide bonds. The topological polar surface area (TPSA) is 65.7 Å². The van der Waals surface area contributed by atoms with Crippen LogP contribution in [0.15, 0.2) is 51.7 Å². The number of carbonyl (C=O) groups is 1. The Morgan fingerprint density at radius 1 is 1.15 bits per heavy atom. The summed E-state index contributed by atoms with van der Waals surface area (Å²) in [5, 5.41) is 0.842. The molecule has 0 aliphatic rings. The molecule has 0 aliphatic heterocycles.